The van der Waals surface area contributed by atoms with Crippen molar-refractivity contribution in [1.29, 1.82) is 0 Å². The van der Waals surface area contributed by atoms with Crippen molar-refractivity contribution in [2.24, 2.45) is 0 Å². The second-order valence-electron chi connectivity index (χ2n) is 7.12. The summed E-state index contributed by atoms with van der Waals surface area (Å²) in [5, 5.41) is 15.3. The molecule has 0 saturated carbocycles. The molecule has 1 N–H and O–H groups in total. The predicted molar refractivity (Wildman–Crippen MR) is 118 cm³/mol. The van der Waals surface area contributed by atoms with Crippen molar-refractivity contribution in [3.63, 3.8) is 0 Å². The van der Waals surface area contributed by atoms with Gasteiger partial charge in [0.15, 0.2) is 0 Å². The molecule has 4 aromatic rings. The number of hydrogen-bond donors (Lipinski definition) is 1. The maximum absolute atomic E-state index is 12.8. The van der Waals surface area contributed by atoms with Gasteiger partial charge in [-0.15, -0.1) is 22.7 Å². The van der Waals surface area contributed by atoms with E-state index in [9.17, 15) is 9.59 Å². The van der Waals surface area contributed by atoms with E-state index >= 15 is 0 Å². The number of carbonyl (C=O) groups excluding carboxylic acids is 1. The number of hydrogen-bond acceptors (Lipinski definition) is 6. The molecule has 3 aromatic heterocycles. The lowest BCUT2D eigenvalue weighted by Gasteiger charge is -2.19. The van der Waals surface area contributed by atoms with E-state index in [4.69, 9.17) is 0 Å². The van der Waals surface area contributed by atoms with Crippen LogP contribution in [0.25, 0.3) is 5.00 Å². The number of nitrogens with one attached hydrogen (secondary N) is 1. The Kier molecular flexibility index (Phi) is 5.91. The number of carbonyl (C=O) groups is 1. The van der Waals surface area contributed by atoms with Crippen LogP contribution in [-0.2, 0) is 11.3 Å². The van der Waals surface area contributed by atoms with Crippen molar-refractivity contribution in [3.05, 3.63) is 85.8 Å². The average molecular weight is 440 g/mol. The zero-order valence-electron chi connectivity index (χ0n) is 16.6. The molecule has 1 amide bonds. The quantitative estimate of drug-likeness (QED) is 0.477. The van der Waals surface area contributed by atoms with E-state index in [1.165, 1.54) is 21.6 Å². The summed E-state index contributed by atoms with van der Waals surface area (Å²) in [6.07, 6.45) is 0. The second-order valence-corrected chi connectivity index (χ2v) is 9.02. The highest BCUT2D eigenvalue weighted by Crippen LogP contribution is 2.27. The summed E-state index contributed by atoms with van der Waals surface area (Å²) >= 11 is 2.96. The van der Waals surface area contributed by atoms with Gasteiger partial charge in [-0.2, -0.15) is 9.36 Å². The Hall–Kier alpha value is -3.04. The lowest BCUT2D eigenvalue weighted by Crippen LogP contribution is -2.35. The van der Waals surface area contributed by atoms with Gasteiger partial charge in [0, 0.05) is 4.88 Å². The number of thiophene rings is 2. The van der Waals surface area contributed by atoms with E-state index < -0.39 is 5.69 Å². The maximum Gasteiger partial charge on any atom is 0.369 e. The van der Waals surface area contributed by atoms with Crippen molar-refractivity contribution < 1.29 is 4.79 Å². The van der Waals surface area contributed by atoms with Gasteiger partial charge in [-0.1, -0.05) is 44.2 Å². The lowest BCUT2D eigenvalue weighted by molar-refractivity contribution is -0.122. The van der Waals surface area contributed by atoms with Crippen LogP contribution in [0.1, 0.15) is 41.8 Å². The molecule has 1 atom stereocenters. The minimum absolute atomic E-state index is 0.198. The molecular formula is C21H21N5O2S2. The Morgan fingerprint density at radius 3 is 2.33 bits per heavy atom. The van der Waals surface area contributed by atoms with Crippen LogP contribution >= 0.6 is 22.7 Å². The fourth-order valence-corrected chi connectivity index (χ4v) is 4.56. The maximum atomic E-state index is 12.8. The summed E-state index contributed by atoms with van der Waals surface area (Å²) < 4.78 is 2.27. The van der Waals surface area contributed by atoms with E-state index in [1.807, 2.05) is 41.1 Å². The number of benzene rings is 1. The zero-order chi connectivity index (χ0) is 21.1. The van der Waals surface area contributed by atoms with Gasteiger partial charge < -0.3 is 5.32 Å². The first-order valence-electron chi connectivity index (χ1n) is 9.52. The van der Waals surface area contributed by atoms with Crippen LogP contribution in [0.2, 0.25) is 0 Å². The Labute approximate surface area is 181 Å². The number of rotatable bonds is 7. The van der Waals surface area contributed by atoms with Gasteiger partial charge in [-0.3, -0.25) is 4.79 Å². The average Bonchev–Trinajstić information content (AvgIpc) is 3.50. The SMILES string of the molecule is CC(C)c1ccc(C(NC(=O)Cn2nnn(-c3cccs3)c2=O)c2cccs2)cc1. The van der Waals surface area contributed by atoms with Gasteiger partial charge in [0.05, 0.1) is 6.04 Å². The molecule has 154 valence electrons. The second kappa shape index (κ2) is 8.76. The molecule has 3 heterocycles. The fraction of sp³-hybridized carbons (Fsp3) is 0.238. The molecule has 7 nitrogen and oxygen atoms in total. The van der Waals surface area contributed by atoms with Crippen LogP contribution in [0.4, 0.5) is 0 Å². The molecule has 30 heavy (non-hydrogen) atoms. The summed E-state index contributed by atoms with van der Waals surface area (Å²) in [5.41, 5.74) is 1.79. The molecule has 9 heteroatoms. The predicted octanol–water partition coefficient (Wildman–Crippen LogP) is 3.58. The van der Waals surface area contributed by atoms with Gasteiger partial charge >= 0.3 is 5.69 Å². The van der Waals surface area contributed by atoms with E-state index in [2.05, 4.69) is 41.7 Å². The molecule has 0 aliphatic heterocycles. The number of aromatic nitrogens is 4. The van der Waals surface area contributed by atoms with Gasteiger partial charge in [0.2, 0.25) is 5.91 Å². The number of amides is 1. The van der Waals surface area contributed by atoms with Crippen LogP contribution < -0.4 is 11.0 Å². The highest BCUT2D eigenvalue weighted by atomic mass is 32.1. The Balaban J connectivity index is 1.54. The van der Waals surface area contributed by atoms with E-state index in [-0.39, 0.29) is 18.5 Å². The third-order valence-electron chi connectivity index (χ3n) is 4.72. The van der Waals surface area contributed by atoms with Crippen LogP contribution in [0.15, 0.2) is 64.1 Å². The van der Waals surface area contributed by atoms with Crippen LogP contribution in [0.5, 0.6) is 0 Å². The van der Waals surface area contributed by atoms with Gasteiger partial charge in [0.1, 0.15) is 11.5 Å². The first kappa shape index (κ1) is 20.2. The summed E-state index contributed by atoms with van der Waals surface area (Å²) in [6, 6.07) is 15.5. The molecule has 1 unspecified atom stereocenters. The van der Waals surface area contributed by atoms with E-state index in [1.54, 1.807) is 17.4 Å². The Morgan fingerprint density at radius 1 is 1.00 bits per heavy atom. The minimum atomic E-state index is -0.443. The van der Waals surface area contributed by atoms with E-state index in [0.29, 0.717) is 10.9 Å². The summed E-state index contributed by atoms with van der Waals surface area (Å²) in [5.74, 6) is 0.133. The third kappa shape index (κ3) is 4.27. The molecule has 1 aromatic carbocycles. The first-order valence-corrected chi connectivity index (χ1v) is 11.3. The Bertz CT molecular complexity index is 1160. The molecule has 0 radical (unpaired) electrons. The fourth-order valence-electron chi connectivity index (χ4n) is 3.09. The summed E-state index contributed by atoms with van der Waals surface area (Å²) in [4.78, 5) is 26.3. The normalized spacial score (nSPS) is 12.2. The highest BCUT2D eigenvalue weighted by molar-refractivity contribution is 7.12. The lowest BCUT2D eigenvalue weighted by atomic mass is 9.98. The van der Waals surface area contributed by atoms with E-state index in [0.717, 1.165) is 15.1 Å². The smallest absolute Gasteiger partial charge is 0.343 e. The largest absolute Gasteiger partial charge is 0.369 e. The minimum Gasteiger partial charge on any atom is -0.343 e. The molecule has 4 rings (SSSR count). The van der Waals surface area contributed by atoms with Crippen molar-refractivity contribution >= 4 is 28.6 Å². The topological polar surface area (TPSA) is 81.8 Å². The Morgan fingerprint density at radius 2 is 1.70 bits per heavy atom. The van der Waals surface area contributed by atoms with Crippen LogP contribution in [-0.4, -0.2) is 25.7 Å². The molecule has 0 saturated heterocycles. The number of tetrazole rings is 1. The van der Waals surface area contributed by atoms with Gasteiger partial charge in [-0.05, 0) is 56.4 Å². The van der Waals surface area contributed by atoms with Crippen molar-refractivity contribution in [3.8, 4) is 5.00 Å². The van der Waals surface area contributed by atoms with Crippen molar-refractivity contribution in [1.82, 2.24) is 25.1 Å². The number of nitrogens with zero attached hydrogens (tertiary/aromatic N) is 4. The zero-order valence-corrected chi connectivity index (χ0v) is 18.2. The summed E-state index contributed by atoms with van der Waals surface area (Å²) in [6.45, 7) is 4.10. The molecule has 0 fully saturated rings. The molecule has 0 bridgehead atoms. The van der Waals surface area contributed by atoms with Crippen molar-refractivity contribution in [2.75, 3.05) is 0 Å². The van der Waals surface area contributed by atoms with Crippen LogP contribution in [0, 0.1) is 0 Å². The molecule has 0 spiro atoms. The third-order valence-corrected chi connectivity index (χ3v) is 6.50. The molecule has 0 aliphatic carbocycles. The summed E-state index contributed by atoms with van der Waals surface area (Å²) in [7, 11) is 0. The monoisotopic (exact) mass is 439 g/mol. The first-order chi connectivity index (χ1) is 14.5. The molecular weight excluding hydrogens is 418 g/mol. The molecule has 0 aliphatic rings. The van der Waals surface area contributed by atoms with Crippen molar-refractivity contribution in [2.45, 2.75) is 32.4 Å². The van der Waals surface area contributed by atoms with Gasteiger partial charge in [0.25, 0.3) is 0 Å². The van der Waals surface area contributed by atoms with Gasteiger partial charge in [-0.25, -0.2) is 4.79 Å². The standard InChI is InChI=1S/C21H21N5O2S2/c1-14(2)15-7-9-16(10-8-15)20(17-5-3-11-29-17)22-18(27)13-25-21(28)26(24-23-25)19-6-4-12-30-19/h3-12,14,20H,13H2,1-2H3,(H,22,27). The van der Waals surface area contributed by atoms with Crippen LogP contribution in [0.3, 0.4) is 0 Å². The highest BCUT2D eigenvalue weighted by Gasteiger charge is 2.20.